The van der Waals surface area contributed by atoms with Crippen LogP contribution in [0.5, 0.6) is 0 Å². The summed E-state index contributed by atoms with van der Waals surface area (Å²) < 4.78 is 7.27. The van der Waals surface area contributed by atoms with Gasteiger partial charge in [0.15, 0.2) is 5.58 Å². The van der Waals surface area contributed by atoms with Gasteiger partial charge in [-0.3, -0.25) is 0 Å². The Balaban J connectivity index is 1.28. The number of hydrogen-bond acceptors (Lipinski definition) is 4. The third-order valence-corrected chi connectivity index (χ3v) is 18.8. The number of para-hydroxylation sites is 3. The van der Waals surface area contributed by atoms with Crippen molar-refractivity contribution in [2.24, 2.45) is 0 Å². The Labute approximate surface area is 461 Å². The summed E-state index contributed by atoms with van der Waals surface area (Å²) in [4.78, 5) is 7.64. The number of nitrogens with zero attached hydrogens (tertiary/aromatic N) is 3. The Morgan fingerprint density at radius 2 is 0.831 bits per heavy atom. The smallest absolute Gasteiger partial charge is 0.252 e. The number of benzene rings is 8. The highest BCUT2D eigenvalue weighted by molar-refractivity contribution is 7.00. The number of anilines is 9. The maximum Gasteiger partial charge on any atom is 0.252 e. The van der Waals surface area contributed by atoms with Gasteiger partial charge in [0.05, 0.1) is 11.4 Å². The molecule has 9 aromatic rings. The molecule has 2 aliphatic heterocycles. The van der Waals surface area contributed by atoms with E-state index in [9.17, 15) is 0 Å². The second-order valence-corrected chi connectivity index (χ2v) is 26.0. The zero-order valence-electron chi connectivity index (χ0n) is 48.7. The highest BCUT2D eigenvalue weighted by atomic mass is 16.3. The number of hydrogen-bond donors (Lipinski definition) is 0. The molecule has 0 spiro atoms. The van der Waals surface area contributed by atoms with E-state index >= 15 is 0 Å². The third-order valence-electron chi connectivity index (χ3n) is 18.8. The van der Waals surface area contributed by atoms with Crippen molar-refractivity contribution in [3.05, 3.63) is 192 Å². The predicted octanol–water partition coefficient (Wildman–Crippen LogP) is 19.2. The summed E-state index contributed by atoms with van der Waals surface area (Å²) in [6, 6.07) is 63.1. The lowest BCUT2D eigenvalue weighted by Gasteiger charge is -2.46. The van der Waals surface area contributed by atoms with E-state index in [-0.39, 0.29) is 33.8 Å². The van der Waals surface area contributed by atoms with E-state index in [4.69, 9.17) is 4.42 Å². The van der Waals surface area contributed by atoms with Crippen LogP contribution in [0.3, 0.4) is 0 Å². The fraction of sp³-hybridized carbons (Fsp3) is 0.333. The molecule has 11 rings (SSSR count). The van der Waals surface area contributed by atoms with Crippen LogP contribution in [0.4, 0.5) is 51.2 Å². The second-order valence-electron chi connectivity index (χ2n) is 26.0. The lowest BCUT2D eigenvalue weighted by atomic mass is 9.33. The lowest BCUT2D eigenvalue weighted by molar-refractivity contribution is 0.506. The van der Waals surface area contributed by atoms with Crippen molar-refractivity contribution < 1.29 is 4.42 Å². The van der Waals surface area contributed by atoms with Gasteiger partial charge in [0.2, 0.25) is 0 Å². The van der Waals surface area contributed by atoms with E-state index < -0.39 is 0 Å². The second kappa shape index (κ2) is 18.9. The highest BCUT2D eigenvalue weighted by Crippen LogP contribution is 2.51. The van der Waals surface area contributed by atoms with Crippen LogP contribution in [0.25, 0.3) is 21.9 Å². The molecule has 0 N–H and O–H groups in total. The number of fused-ring (bicyclic) bond motifs is 7. The molecule has 8 aromatic carbocycles. The van der Waals surface area contributed by atoms with Crippen molar-refractivity contribution >= 4 is 96.2 Å². The molecule has 2 aliphatic rings. The monoisotopic (exact) mass is 1010 g/mol. The van der Waals surface area contributed by atoms with E-state index in [1.54, 1.807) is 0 Å². The Hall–Kier alpha value is -6.98. The first-order valence-electron chi connectivity index (χ1n) is 28.7. The van der Waals surface area contributed by atoms with Crippen molar-refractivity contribution in [3.63, 3.8) is 0 Å². The summed E-state index contributed by atoms with van der Waals surface area (Å²) in [7, 11) is 0. The van der Waals surface area contributed by atoms with Crippen molar-refractivity contribution in [1.82, 2.24) is 0 Å². The van der Waals surface area contributed by atoms with E-state index in [0.29, 0.717) is 0 Å². The van der Waals surface area contributed by atoms with Crippen molar-refractivity contribution in [3.8, 4) is 0 Å². The highest BCUT2D eigenvalue weighted by Gasteiger charge is 2.45. The Morgan fingerprint density at radius 3 is 1.29 bits per heavy atom. The van der Waals surface area contributed by atoms with Gasteiger partial charge in [0.25, 0.3) is 6.71 Å². The first-order chi connectivity index (χ1) is 36.6. The summed E-state index contributed by atoms with van der Waals surface area (Å²) in [6.45, 7) is 35.1. The Kier molecular flexibility index (Phi) is 12.8. The fourth-order valence-electron chi connectivity index (χ4n) is 12.0. The van der Waals surface area contributed by atoms with E-state index in [0.717, 1.165) is 76.1 Å². The molecule has 3 heterocycles. The summed E-state index contributed by atoms with van der Waals surface area (Å²) in [6.07, 6.45) is 4.18. The average Bonchev–Trinajstić information content (AvgIpc) is 3.91. The molecule has 0 fully saturated rings. The fourth-order valence-corrected chi connectivity index (χ4v) is 12.0. The zero-order chi connectivity index (χ0) is 54.6. The van der Waals surface area contributed by atoms with Crippen LogP contribution in [0, 0.1) is 0 Å². The molecule has 392 valence electrons. The standard InChI is InChI=1S/C72H80BN3O/c1-16-69(8,9)47-31-37-52(38-32-47)75-60-41-35-49(71(12,13)18-3)43-58(60)73-59-44-50(72(14,15)19-4)36-42-61(59)76(53-39-33-48(34-40-53)70(10,11)17-2)64-46-54(45-63(75)65(64)73)74(51-25-21-20-22-26-51)62-30-24-28-56-55-27-23-29-57(68(5,6)7)66(55)77-67(56)62/h20-46H,16-19H2,1-15H3. The first-order valence-corrected chi connectivity index (χ1v) is 28.7. The van der Waals surface area contributed by atoms with Gasteiger partial charge in [-0.2, -0.15) is 0 Å². The van der Waals surface area contributed by atoms with Gasteiger partial charge in [-0.1, -0.05) is 201 Å². The summed E-state index contributed by atoms with van der Waals surface area (Å²) >= 11 is 0. The molecule has 0 aliphatic carbocycles. The summed E-state index contributed by atoms with van der Waals surface area (Å²) in [5.41, 5.74) is 22.6. The molecule has 0 amide bonds. The molecule has 4 nitrogen and oxygen atoms in total. The Morgan fingerprint density at radius 1 is 0.403 bits per heavy atom. The van der Waals surface area contributed by atoms with Crippen LogP contribution in [0.2, 0.25) is 0 Å². The van der Waals surface area contributed by atoms with E-state index in [1.807, 2.05) is 0 Å². The van der Waals surface area contributed by atoms with Gasteiger partial charge in [0.1, 0.15) is 5.58 Å². The van der Waals surface area contributed by atoms with Crippen LogP contribution in [0.15, 0.2) is 168 Å². The largest absolute Gasteiger partial charge is 0.454 e. The van der Waals surface area contributed by atoms with Gasteiger partial charge in [-0.25, -0.2) is 0 Å². The molecule has 0 atom stereocenters. The van der Waals surface area contributed by atoms with Gasteiger partial charge in [0, 0.05) is 56.1 Å². The molecular formula is C72H80BN3O. The minimum Gasteiger partial charge on any atom is -0.454 e. The molecule has 1 aromatic heterocycles. The number of rotatable bonds is 13. The van der Waals surface area contributed by atoms with Gasteiger partial charge in [-0.15, -0.1) is 0 Å². The topological polar surface area (TPSA) is 22.9 Å². The van der Waals surface area contributed by atoms with Gasteiger partial charge >= 0.3 is 0 Å². The SMILES string of the molecule is CCC(C)(C)c1ccc(N2c3ccc(C(C)(C)CC)cc3B3c4cc(C(C)(C)CC)ccc4N(c4ccc(C(C)(C)CC)cc4)c4cc(N(c5ccccc5)c5cccc6c5oc5c(C(C)(C)C)cccc56)cc2c43)cc1. The zero-order valence-corrected chi connectivity index (χ0v) is 48.7. The van der Waals surface area contributed by atoms with Crippen LogP contribution in [0.1, 0.15) is 157 Å². The van der Waals surface area contributed by atoms with E-state index in [2.05, 4.69) is 282 Å². The van der Waals surface area contributed by atoms with Crippen LogP contribution < -0.4 is 31.1 Å². The van der Waals surface area contributed by atoms with E-state index in [1.165, 1.54) is 67.0 Å². The first kappa shape index (κ1) is 52.1. The van der Waals surface area contributed by atoms with Crippen LogP contribution >= 0.6 is 0 Å². The van der Waals surface area contributed by atoms with Crippen LogP contribution in [-0.2, 0) is 27.1 Å². The molecule has 0 saturated carbocycles. The maximum atomic E-state index is 7.27. The van der Waals surface area contributed by atoms with Gasteiger partial charge in [-0.05, 0) is 158 Å². The predicted molar refractivity (Wildman–Crippen MR) is 334 cm³/mol. The minimum atomic E-state index is -0.112. The lowest BCUT2D eigenvalue weighted by Crippen LogP contribution is -2.61. The molecular weight excluding hydrogens is 934 g/mol. The average molecular weight is 1010 g/mol. The van der Waals surface area contributed by atoms with Crippen molar-refractivity contribution in [2.75, 3.05) is 14.7 Å². The van der Waals surface area contributed by atoms with Crippen molar-refractivity contribution in [1.29, 1.82) is 0 Å². The molecule has 5 heteroatoms. The quantitative estimate of drug-likeness (QED) is 0.107. The normalized spacial score (nSPS) is 13.8. The molecule has 0 bridgehead atoms. The number of furan rings is 1. The summed E-state index contributed by atoms with van der Waals surface area (Å²) in [5, 5.41) is 2.24. The summed E-state index contributed by atoms with van der Waals surface area (Å²) in [5.74, 6) is 0. The molecule has 0 radical (unpaired) electrons. The Bertz CT molecular complexity index is 3530. The maximum absolute atomic E-state index is 7.27. The minimum absolute atomic E-state index is 0.0225. The van der Waals surface area contributed by atoms with Gasteiger partial charge < -0.3 is 19.1 Å². The molecule has 0 unspecified atom stereocenters. The van der Waals surface area contributed by atoms with Crippen LogP contribution in [-0.4, -0.2) is 6.71 Å². The molecule has 0 saturated heterocycles. The third kappa shape index (κ3) is 8.68. The molecule has 77 heavy (non-hydrogen) atoms. The van der Waals surface area contributed by atoms with Crippen molar-refractivity contribution in [2.45, 2.75) is 157 Å².